The Morgan fingerprint density at radius 1 is 1.09 bits per heavy atom. The van der Waals surface area contributed by atoms with Gasteiger partial charge in [-0.15, -0.1) is 11.8 Å². The molecule has 1 atom stereocenters. The predicted octanol–water partition coefficient (Wildman–Crippen LogP) is 4.22. The first-order chi connectivity index (χ1) is 10.6. The first-order valence-corrected chi connectivity index (χ1v) is 8.65. The molecule has 2 aromatic carbocycles. The summed E-state index contributed by atoms with van der Waals surface area (Å²) in [6.07, 6.45) is 1.96. The van der Waals surface area contributed by atoms with Crippen LogP contribution in [0.4, 0.5) is 0 Å². The molecule has 0 aliphatic carbocycles. The van der Waals surface area contributed by atoms with Gasteiger partial charge in [0, 0.05) is 10.9 Å². The minimum absolute atomic E-state index is 0.103. The van der Waals surface area contributed by atoms with Crippen LogP contribution < -0.4 is 5.32 Å². The van der Waals surface area contributed by atoms with Gasteiger partial charge in [0.05, 0.1) is 5.75 Å². The maximum Gasteiger partial charge on any atom is 0.230 e. The van der Waals surface area contributed by atoms with Crippen LogP contribution in [0.1, 0.15) is 24.5 Å². The number of amides is 1. The second kappa shape index (κ2) is 8.64. The van der Waals surface area contributed by atoms with Crippen LogP contribution in [0.2, 0.25) is 0 Å². The standard InChI is InChI=1S/C19H23NOS/c1-15-8-12-18(13-9-15)22-14-19(21)20-16(2)10-11-17-6-4-3-5-7-17/h3-9,12-13,16H,10-11,14H2,1-2H3,(H,20,21)/t16-/m1/s1. The SMILES string of the molecule is Cc1ccc(SCC(=O)N[C@H](C)CCc2ccccc2)cc1. The zero-order chi connectivity index (χ0) is 15.8. The van der Waals surface area contributed by atoms with Crippen molar-refractivity contribution in [1.29, 1.82) is 0 Å². The second-order valence-electron chi connectivity index (χ2n) is 5.59. The van der Waals surface area contributed by atoms with Crippen LogP contribution in [0.5, 0.6) is 0 Å². The lowest BCUT2D eigenvalue weighted by Gasteiger charge is -2.13. The Hall–Kier alpha value is -1.74. The molecular weight excluding hydrogens is 290 g/mol. The van der Waals surface area contributed by atoms with Gasteiger partial charge in [0.2, 0.25) is 5.91 Å². The molecule has 2 rings (SSSR count). The van der Waals surface area contributed by atoms with E-state index in [1.54, 1.807) is 11.8 Å². The number of rotatable bonds is 7. The van der Waals surface area contributed by atoms with Crippen LogP contribution in [-0.2, 0) is 11.2 Å². The normalized spacial score (nSPS) is 11.9. The summed E-state index contributed by atoms with van der Waals surface area (Å²) < 4.78 is 0. The molecule has 0 aromatic heterocycles. The Morgan fingerprint density at radius 3 is 2.45 bits per heavy atom. The van der Waals surface area contributed by atoms with Crippen molar-refractivity contribution in [3.63, 3.8) is 0 Å². The number of aryl methyl sites for hydroxylation is 2. The van der Waals surface area contributed by atoms with Gasteiger partial charge in [-0.05, 0) is 44.4 Å². The van der Waals surface area contributed by atoms with Gasteiger partial charge in [0.1, 0.15) is 0 Å². The van der Waals surface area contributed by atoms with Crippen molar-refractivity contribution in [2.24, 2.45) is 0 Å². The summed E-state index contributed by atoms with van der Waals surface area (Å²) in [7, 11) is 0. The maximum atomic E-state index is 12.0. The third kappa shape index (κ3) is 5.94. The summed E-state index contributed by atoms with van der Waals surface area (Å²) in [6, 6.07) is 18.9. The monoisotopic (exact) mass is 313 g/mol. The number of carbonyl (C=O) groups is 1. The molecule has 116 valence electrons. The second-order valence-corrected chi connectivity index (χ2v) is 6.64. The average molecular weight is 313 g/mol. The number of carbonyl (C=O) groups excluding carboxylic acids is 1. The molecule has 0 radical (unpaired) electrons. The van der Waals surface area contributed by atoms with Crippen molar-refractivity contribution < 1.29 is 4.79 Å². The highest BCUT2D eigenvalue weighted by molar-refractivity contribution is 8.00. The third-order valence-corrected chi connectivity index (χ3v) is 4.52. The van der Waals surface area contributed by atoms with Crippen LogP contribution in [-0.4, -0.2) is 17.7 Å². The largest absolute Gasteiger partial charge is 0.353 e. The quantitative estimate of drug-likeness (QED) is 0.775. The molecule has 0 aliphatic heterocycles. The minimum atomic E-state index is 0.103. The van der Waals surface area contributed by atoms with E-state index in [0.29, 0.717) is 5.75 Å². The summed E-state index contributed by atoms with van der Waals surface area (Å²) in [5.74, 6) is 0.574. The van der Waals surface area contributed by atoms with Gasteiger partial charge in [-0.2, -0.15) is 0 Å². The van der Waals surface area contributed by atoms with E-state index in [9.17, 15) is 4.79 Å². The van der Waals surface area contributed by atoms with E-state index in [0.717, 1.165) is 17.7 Å². The molecule has 2 aromatic rings. The average Bonchev–Trinajstić information content (AvgIpc) is 2.53. The molecule has 0 aliphatic rings. The molecule has 0 spiro atoms. The van der Waals surface area contributed by atoms with Crippen LogP contribution in [0.15, 0.2) is 59.5 Å². The first-order valence-electron chi connectivity index (χ1n) is 7.66. The molecule has 0 saturated heterocycles. The molecule has 0 heterocycles. The molecule has 3 heteroatoms. The van der Waals surface area contributed by atoms with Crippen molar-refractivity contribution >= 4 is 17.7 Å². The van der Waals surface area contributed by atoms with Gasteiger partial charge in [-0.25, -0.2) is 0 Å². The van der Waals surface area contributed by atoms with E-state index < -0.39 is 0 Å². The molecule has 0 unspecified atom stereocenters. The topological polar surface area (TPSA) is 29.1 Å². The Balaban J connectivity index is 1.68. The lowest BCUT2D eigenvalue weighted by Crippen LogP contribution is -2.34. The Labute approximate surface area is 137 Å². The molecule has 1 amide bonds. The Bertz CT molecular complexity index is 580. The van der Waals surface area contributed by atoms with Crippen molar-refractivity contribution in [3.05, 3.63) is 65.7 Å². The van der Waals surface area contributed by atoms with Gasteiger partial charge < -0.3 is 5.32 Å². The van der Waals surface area contributed by atoms with E-state index in [4.69, 9.17) is 0 Å². The van der Waals surface area contributed by atoms with Gasteiger partial charge in [0.15, 0.2) is 0 Å². The summed E-state index contributed by atoms with van der Waals surface area (Å²) in [5, 5.41) is 3.07. The van der Waals surface area contributed by atoms with Crippen molar-refractivity contribution in [3.8, 4) is 0 Å². The van der Waals surface area contributed by atoms with Crippen LogP contribution in [0.25, 0.3) is 0 Å². The van der Waals surface area contributed by atoms with Crippen LogP contribution in [0.3, 0.4) is 0 Å². The zero-order valence-electron chi connectivity index (χ0n) is 13.2. The van der Waals surface area contributed by atoms with Crippen LogP contribution >= 0.6 is 11.8 Å². The van der Waals surface area contributed by atoms with E-state index in [2.05, 4.69) is 67.7 Å². The Morgan fingerprint density at radius 2 is 1.77 bits per heavy atom. The highest BCUT2D eigenvalue weighted by atomic mass is 32.2. The summed E-state index contributed by atoms with van der Waals surface area (Å²) in [5.41, 5.74) is 2.56. The molecule has 0 fully saturated rings. The molecule has 22 heavy (non-hydrogen) atoms. The third-order valence-electron chi connectivity index (χ3n) is 3.51. The van der Waals surface area contributed by atoms with Crippen molar-refractivity contribution in [1.82, 2.24) is 5.32 Å². The fourth-order valence-corrected chi connectivity index (χ4v) is 2.91. The predicted molar refractivity (Wildman–Crippen MR) is 94.3 cm³/mol. The number of benzene rings is 2. The molecule has 1 N–H and O–H groups in total. The Kier molecular flexibility index (Phi) is 6.53. The summed E-state index contributed by atoms with van der Waals surface area (Å²) in [4.78, 5) is 13.1. The molecular formula is C19H23NOS. The van der Waals surface area contributed by atoms with Crippen molar-refractivity contribution in [2.45, 2.75) is 37.6 Å². The summed E-state index contributed by atoms with van der Waals surface area (Å²) >= 11 is 1.58. The smallest absolute Gasteiger partial charge is 0.230 e. The minimum Gasteiger partial charge on any atom is -0.353 e. The number of hydrogen-bond acceptors (Lipinski definition) is 2. The lowest BCUT2D eigenvalue weighted by atomic mass is 10.1. The van der Waals surface area contributed by atoms with Gasteiger partial charge >= 0.3 is 0 Å². The highest BCUT2D eigenvalue weighted by Crippen LogP contribution is 2.17. The number of hydrogen-bond donors (Lipinski definition) is 1. The van der Waals surface area contributed by atoms with E-state index in [-0.39, 0.29) is 11.9 Å². The molecule has 0 saturated carbocycles. The van der Waals surface area contributed by atoms with E-state index >= 15 is 0 Å². The number of thioether (sulfide) groups is 1. The van der Waals surface area contributed by atoms with Gasteiger partial charge in [-0.3, -0.25) is 4.79 Å². The van der Waals surface area contributed by atoms with Gasteiger partial charge in [-0.1, -0.05) is 48.0 Å². The maximum absolute atomic E-state index is 12.0. The lowest BCUT2D eigenvalue weighted by molar-refractivity contribution is -0.119. The fourth-order valence-electron chi connectivity index (χ4n) is 2.20. The molecule has 2 nitrogen and oxygen atoms in total. The van der Waals surface area contributed by atoms with E-state index in [1.165, 1.54) is 11.1 Å². The summed E-state index contributed by atoms with van der Waals surface area (Å²) in [6.45, 7) is 4.13. The van der Waals surface area contributed by atoms with E-state index in [1.807, 2.05) is 6.07 Å². The van der Waals surface area contributed by atoms with Crippen LogP contribution in [0, 0.1) is 6.92 Å². The fraction of sp³-hybridized carbons (Fsp3) is 0.316. The first kappa shape index (κ1) is 16.6. The zero-order valence-corrected chi connectivity index (χ0v) is 14.0. The number of nitrogens with one attached hydrogen (secondary N) is 1. The molecule has 0 bridgehead atoms. The van der Waals surface area contributed by atoms with Gasteiger partial charge in [0.25, 0.3) is 0 Å². The van der Waals surface area contributed by atoms with Crippen molar-refractivity contribution in [2.75, 3.05) is 5.75 Å². The highest BCUT2D eigenvalue weighted by Gasteiger charge is 2.08.